The first-order chi connectivity index (χ1) is 8.78. The van der Waals surface area contributed by atoms with Gasteiger partial charge in [-0.25, -0.2) is 0 Å². The van der Waals surface area contributed by atoms with Crippen LogP contribution in [-0.2, 0) is 11.2 Å². The van der Waals surface area contributed by atoms with Gasteiger partial charge in [0.15, 0.2) is 0 Å². The van der Waals surface area contributed by atoms with E-state index in [1.165, 1.54) is 24.3 Å². The lowest BCUT2D eigenvalue weighted by molar-refractivity contribution is -0.274. The third kappa shape index (κ3) is 6.10. The van der Waals surface area contributed by atoms with Crippen LogP contribution in [0.15, 0.2) is 24.3 Å². The molecule has 19 heavy (non-hydrogen) atoms. The van der Waals surface area contributed by atoms with Gasteiger partial charge in [0, 0.05) is 6.54 Å². The fourth-order valence-electron chi connectivity index (χ4n) is 1.35. The van der Waals surface area contributed by atoms with Crippen LogP contribution in [0.25, 0.3) is 0 Å². The van der Waals surface area contributed by atoms with E-state index in [1.54, 1.807) is 6.92 Å². The molecule has 0 aliphatic heterocycles. The molecule has 106 valence electrons. The lowest BCUT2D eigenvalue weighted by Crippen LogP contribution is -2.39. The van der Waals surface area contributed by atoms with Gasteiger partial charge in [-0.15, -0.1) is 13.2 Å². The second-order valence-electron chi connectivity index (χ2n) is 4.02. The van der Waals surface area contributed by atoms with Gasteiger partial charge in [0.1, 0.15) is 5.75 Å². The zero-order chi connectivity index (χ0) is 14.5. The predicted octanol–water partition coefficient (Wildman–Crippen LogP) is 1.59. The molecule has 0 fully saturated rings. The number of nitrogens with two attached hydrogens (primary N) is 1. The number of carbonyl (C=O) groups excluding carboxylic acids is 1. The highest BCUT2D eigenvalue weighted by Gasteiger charge is 2.30. The van der Waals surface area contributed by atoms with E-state index in [9.17, 15) is 18.0 Å². The van der Waals surface area contributed by atoms with Crippen LogP contribution in [0.1, 0.15) is 12.5 Å². The molecule has 1 amide bonds. The lowest BCUT2D eigenvalue weighted by atomic mass is 10.1. The first kappa shape index (κ1) is 15.3. The maximum absolute atomic E-state index is 11.9. The number of nitrogens with one attached hydrogen (secondary N) is 1. The monoisotopic (exact) mass is 276 g/mol. The van der Waals surface area contributed by atoms with E-state index in [2.05, 4.69) is 10.1 Å². The van der Waals surface area contributed by atoms with Crippen molar-refractivity contribution in [3.8, 4) is 5.75 Å². The van der Waals surface area contributed by atoms with E-state index in [0.29, 0.717) is 13.0 Å². The molecule has 0 bridgehead atoms. The summed E-state index contributed by atoms with van der Waals surface area (Å²) in [7, 11) is 0. The first-order valence-electron chi connectivity index (χ1n) is 5.66. The van der Waals surface area contributed by atoms with Gasteiger partial charge in [0.25, 0.3) is 0 Å². The van der Waals surface area contributed by atoms with Gasteiger partial charge in [-0.1, -0.05) is 12.1 Å². The van der Waals surface area contributed by atoms with E-state index in [4.69, 9.17) is 5.73 Å². The van der Waals surface area contributed by atoms with Crippen LogP contribution in [0.2, 0.25) is 0 Å². The molecule has 0 aliphatic carbocycles. The van der Waals surface area contributed by atoms with Crippen molar-refractivity contribution in [3.63, 3.8) is 0 Å². The number of halogens is 3. The van der Waals surface area contributed by atoms with Crippen LogP contribution >= 0.6 is 0 Å². The number of benzene rings is 1. The molecule has 1 rings (SSSR count). The van der Waals surface area contributed by atoms with Crippen LogP contribution in [0, 0.1) is 0 Å². The molecule has 0 unspecified atom stereocenters. The number of hydrogen-bond acceptors (Lipinski definition) is 3. The van der Waals surface area contributed by atoms with Gasteiger partial charge >= 0.3 is 6.36 Å². The maximum atomic E-state index is 11.9. The van der Waals surface area contributed by atoms with Crippen molar-refractivity contribution in [1.82, 2.24) is 5.32 Å². The maximum Gasteiger partial charge on any atom is 0.573 e. The Labute approximate surface area is 108 Å². The summed E-state index contributed by atoms with van der Waals surface area (Å²) in [5, 5.41) is 2.61. The Morgan fingerprint density at radius 1 is 1.37 bits per heavy atom. The third-order valence-corrected chi connectivity index (χ3v) is 2.28. The molecule has 7 heteroatoms. The molecule has 4 nitrogen and oxygen atoms in total. The normalized spacial score (nSPS) is 12.9. The van der Waals surface area contributed by atoms with Gasteiger partial charge in [-0.3, -0.25) is 4.79 Å². The van der Waals surface area contributed by atoms with Crippen LogP contribution in [0.4, 0.5) is 13.2 Å². The highest BCUT2D eigenvalue weighted by atomic mass is 19.4. The van der Waals surface area contributed by atoms with Gasteiger partial charge < -0.3 is 15.8 Å². The molecule has 0 saturated heterocycles. The van der Waals surface area contributed by atoms with Crippen molar-refractivity contribution >= 4 is 5.91 Å². The second kappa shape index (κ2) is 6.42. The SMILES string of the molecule is C[C@H](N)C(=O)NCCc1ccc(OC(F)(F)F)cc1. The zero-order valence-corrected chi connectivity index (χ0v) is 10.3. The van der Waals surface area contributed by atoms with Gasteiger partial charge in [0.05, 0.1) is 6.04 Å². The Hall–Kier alpha value is -1.76. The summed E-state index contributed by atoms with van der Waals surface area (Å²) in [6.45, 7) is 1.94. The Kier molecular flexibility index (Phi) is 5.17. The summed E-state index contributed by atoms with van der Waals surface area (Å²) in [5.41, 5.74) is 6.15. The molecule has 1 aromatic rings. The topological polar surface area (TPSA) is 64.4 Å². The zero-order valence-electron chi connectivity index (χ0n) is 10.3. The molecule has 0 radical (unpaired) electrons. The number of carbonyl (C=O) groups is 1. The average Bonchev–Trinajstić information content (AvgIpc) is 2.29. The number of amides is 1. The molecular formula is C12H15F3N2O2. The van der Waals surface area contributed by atoms with Crippen molar-refractivity contribution in [1.29, 1.82) is 0 Å². The molecule has 0 aliphatic rings. The van der Waals surface area contributed by atoms with E-state index < -0.39 is 12.4 Å². The lowest BCUT2D eigenvalue weighted by Gasteiger charge is -2.10. The summed E-state index contributed by atoms with van der Waals surface area (Å²) >= 11 is 0. The van der Waals surface area contributed by atoms with E-state index in [-0.39, 0.29) is 11.7 Å². The van der Waals surface area contributed by atoms with Crippen molar-refractivity contribution in [2.45, 2.75) is 25.7 Å². The van der Waals surface area contributed by atoms with Crippen LogP contribution in [0.3, 0.4) is 0 Å². The predicted molar refractivity (Wildman–Crippen MR) is 63.5 cm³/mol. The summed E-state index contributed by atoms with van der Waals surface area (Å²) < 4.78 is 39.5. The van der Waals surface area contributed by atoms with Crippen molar-refractivity contribution < 1.29 is 22.7 Å². The van der Waals surface area contributed by atoms with Crippen molar-refractivity contribution in [2.75, 3.05) is 6.54 Å². The number of alkyl halides is 3. The smallest absolute Gasteiger partial charge is 0.406 e. The summed E-state index contributed by atoms with van der Waals surface area (Å²) in [6, 6.07) is 4.91. The first-order valence-corrected chi connectivity index (χ1v) is 5.66. The van der Waals surface area contributed by atoms with Crippen molar-refractivity contribution in [3.05, 3.63) is 29.8 Å². The van der Waals surface area contributed by atoms with E-state index in [1.807, 2.05) is 0 Å². The molecule has 0 heterocycles. The number of ether oxygens (including phenoxy) is 1. The van der Waals surface area contributed by atoms with Gasteiger partial charge in [-0.2, -0.15) is 0 Å². The van der Waals surface area contributed by atoms with Crippen LogP contribution < -0.4 is 15.8 Å². The molecule has 1 atom stereocenters. The molecule has 0 spiro atoms. The van der Waals surface area contributed by atoms with E-state index >= 15 is 0 Å². The minimum Gasteiger partial charge on any atom is -0.406 e. The minimum absolute atomic E-state index is 0.267. The Bertz CT molecular complexity index is 416. The van der Waals surface area contributed by atoms with E-state index in [0.717, 1.165) is 5.56 Å². The van der Waals surface area contributed by atoms with Gasteiger partial charge in [-0.05, 0) is 31.0 Å². The summed E-state index contributed by atoms with van der Waals surface area (Å²) in [6.07, 6.45) is -4.18. The standard InChI is InChI=1S/C12H15F3N2O2/c1-8(16)11(18)17-7-6-9-2-4-10(5-3-9)19-12(13,14)15/h2-5,8H,6-7,16H2,1H3,(H,17,18)/t8-/m0/s1. The quantitative estimate of drug-likeness (QED) is 0.858. The molecular weight excluding hydrogens is 261 g/mol. The van der Waals surface area contributed by atoms with Crippen LogP contribution in [0.5, 0.6) is 5.75 Å². The number of hydrogen-bond donors (Lipinski definition) is 2. The van der Waals surface area contributed by atoms with Crippen molar-refractivity contribution in [2.24, 2.45) is 5.73 Å². The molecule has 0 saturated carbocycles. The Morgan fingerprint density at radius 2 is 1.95 bits per heavy atom. The highest BCUT2D eigenvalue weighted by molar-refractivity contribution is 5.80. The average molecular weight is 276 g/mol. The fourth-order valence-corrected chi connectivity index (χ4v) is 1.35. The molecule has 1 aromatic carbocycles. The highest BCUT2D eigenvalue weighted by Crippen LogP contribution is 2.22. The summed E-state index contributed by atoms with van der Waals surface area (Å²) in [4.78, 5) is 11.2. The molecule has 0 aromatic heterocycles. The fraction of sp³-hybridized carbons (Fsp3) is 0.417. The van der Waals surface area contributed by atoms with Gasteiger partial charge in [0.2, 0.25) is 5.91 Å². The third-order valence-electron chi connectivity index (χ3n) is 2.28. The summed E-state index contributed by atoms with van der Waals surface area (Å²) in [5.74, 6) is -0.534. The molecule has 3 N–H and O–H groups in total. The largest absolute Gasteiger partial charge is 0.573 e. The van der Waals surface area contributed by atoms with Crippen LogP contribution in [-0.4, -0.2) is 24.9 Å². The minimum atomic E-state index is -4.69. The Balaban J connectivity index is 2.42. The number of rotatable bonds is 5. The second-order valence-corrected chi connectivity index (χ2v) is 4.02. The Morgan fingerprint density at radius 3 is 2.42 bits per heavy atom.